The standard InChI is InChI=1S/C11H16FNO2/c1-6(2)11(15)10(13)8-4-3-7(14)5-9(8)12/h3-6,10-11,14-15H,13H2,1-2H3/t10-,11+/m1/s1. The molecule has 4 N–H and O–H groups in total. The van der Waals surface area contributed by atoms with Gasteiger partial charge >= 0.3 is 0 Å². The van der Waals surface area contributed by atoms with Crippen LogP contribution in [0.15, 0.2) is 18.2 Å². The largest absolute Gasteiger partial charge is 0.508 e. The first kappa shape index (κ1) is 11.9. The summed E-state index contributed by atoms with van der Waals surface area (Å²) in [6.07, 6.45) is -0.802. The summed E-state index contributed by atoms with van der Waals surface area (Å²) in [7, 11) is 0. The van der Waals surface area contributed by atoms with E-state index in [0.717, 1.165) is 6.07 Å². The summed E-state index contributed by atoms with van der Waals surface area (Å²) in [4.78, 5) is 0. The molecule has 1 aromatic carbocycles. The Morgan fingerprint density at radius 1 is 1.33 bits per heavy atom. The van der Waals surface area contributed by atoms with Crippen LogP contribution in [0.1, 0.15) is 25.5 Å². The maximum Gasteiger partial charge on any atom is 0.131 e. The fourth-order valence-electron chi connectivity index (χ4n) is 1.39. The van der Waals surface area contributed by atoms with Crippen molar-refractivity contribution >= 4 is 0 Å². The Hall–Kier alpha value is -1.13. The lowest BCUT2D eigenvalue weighted by Gasteiger charge is -2.22. The Morgan fingerprint density at radius 2 is 1.93 bits per heavy atom. The third kappa shape index (κ3) is 2.67. The molecule has 1 rings (SSSR count). The van der Waals surface area contributed by atoms with Gasteiger partial charge in [-0.25, -0.2) is 4.39 Å². The summed E-state index contributed by atoms with van der Waals surface area (Å²) >= 11 is 0. The van der Waals surface area contributed by atoms with Gasteiger partial charge in [0.05, 0.1) is 12.1 Å². The fourth-order valence-corrected chi connectivity index (χ4v) is 1.39. The van der Waals surface area contributed by atoms with Crippen molar-refractivity contribution in [3.8, 4) is 5.75 Å². The monoisotopic (exact) mass is 213 g/mol. The van der Waals surface area contributed by atoms with Gasteiger partial charge in [0, 0.05) is 11.6 Å². The SMILES string of the molecule is CC(C)[C@H](O)[C@H](N)c1ccc(O)cc1F. The van der Waals surface area contributed by atoms with Crippen molar-refractivity contribution in [2.45, 2.75) is 26.0 Å². The number of halogens is 1. The molecular weight excluding hydrogens is 197 g/mol. The van der Waals surface area contributed by atoms with Gasteiger partial charge in [-0.1, -0.05) is 19.9 Å². The maximum atomic E-state index is 13.4. The van der Waals surface area contributed by atoms with E-state index < -0.39 is 18.0 Å². The molecule has 0 heterocycles. The van der Waals surface area contributed by atoms with Crippen molar-refractivity contribution in [1.29, 1.82) is 0 Å². The summed E-state index contributed by atoms with van der Waals surface area (Å²) in [6, 6.07) is 2.96. The number of aromatic hydroxyl groups is 1. The Kier molecular flexibility index (Phi) is 3.66. The summed E-state index contributed by atoms with van der Waals surface area (Å²) in [5.41, 5.74) is 5.94. The molecule has 2 atom stereocenters. The van der Waals surface area contributed by atoms with Crippen molar-refractivity contribution in [3.05, 3.63) is 29.6 Å². The fraction of sp³-hybridized carbons (Fsp3) is 0.455. The maximum absolute atomic E-state index is 13.4. The molecule has 0 bridgehead atoms. The summed E-state index contributed by atoms with van der Waals surface area (Å²) in [6.45, 7) is 3.62. The predicted molar refractivity (Wildman–Crippen MR) is 55.8 cm³/mol. The van der Waals surface area contributed by atoms with Crippen molar-refractivity contribution < 1.29 is 14.6 Å². The molecule has 0 spiro atoms. The Morgan fingerprint density at radius 3 is 2.40 bits per heavy atom. The molecule has 0 aromatic heterocycles. The van der Waals surface area contributed by atoms with Crippen LogP contribution in [0.2, 0.25) is 0 Å². The second-order valence-corrected chi connectivity index (χ2v) is 3.97. The van der Waals surface area contributed by atoms with Gasteiger partial charge in [-0.05, 0) is 12.0 Å². The highest BCUT2D eigenvalue weighted by molar-refractivity contribution is 5.30. The third-order valence-electron chi connectivity index (χ3n) is 2.39. The Balaban J connectivity index is 2.96. The van der Waals surface area contributed by atoms with Gasteiger partial charge in [-0.3, -0.25) is 0 Å². The van der Waals surface area contributed by atoms with E-state index in [1.807, 2.05) is 13.8 Å². The molecule has 1 aromatic rings. The number of benzene rings is 1. The van der Waals surface area contributed by atoms with E-state index in [0.29, 0.717) is 0 Å². The number of phenols is 1. The third-order valence-corrected chi connectivity index (χ3v) is 2.39. The lowest BCUT2D eigenvalue weighted by molar-refractivity contribution is 0.0966. The first-order valence-electron chi connectivity index (χ1n) is 4.85. The van der Waals surface area contributed by atoms with Crippen molar-refractivity contribution in [3.63, 3.8) is 0 Å². The zero-order chi connectivity index (χ0) is 11.6. The van der Waals surface area contributed by atoms with Crippen molar-refractivity contribution in [2.75, 3.05) is 0 Å². The highest BCUT2D eigenvalue weighted by atomic mass is 19.1. The molecule has 0 aliphatic rings. The lowest BCUT2D eigenvalue weighted by Crippen LogP contribution is -2.31. The molecule has 0 aliphatic carbocycles. The second kappa shape index (κ2) is 4.59. The number of aliphatic hydroxyl groups excluding tert-OH is 1. The lowest BCUT2D eigenvalue weighted by atomic mass is 9.94. The number of hydrogen-bond donors (Lipinski definition) is 3. The molecular formula is C11H16FNO2. The summed E-state index contributed by atoms with van der Waals surface area (Å²) in [5, 5.41) is 18.7. The smallest absolute Gasteiger partial charge is 0.131 e. The number of aliphatic hydroxyl groups is 1. The van der Waals surface area contributed by atoms with Crippen LogP contribution in [-0.2, 0) is 0 Å². The molecule has 0 saturated heterocycles. The Labute approximate surface area is 88.4 Å². The minimum absolute atomic E-state index is 0.0480. The van der Waals surface area contributed by atoms with Crippen LogP contribution in [0.5, 0.6) is 5.75 Å². The minimum atomic E-state index is -0.802. The highest BCUT2D eigenvalue weighted by Crippen LogP contribution is 2.24. The van der Waals surface area contributed by atoms with Crippen LogP contribution < -0.4 is 5.73 Å². The molecule has 4 heteroatoms. The molecule has 0 unspecified atom stereocenters. The van der Waals surface area contributed by atoms with Crippen LogP contribution in [0.4, 0.5) is 4.39 Å². The van der Waals surface area contributed by atoms with Crippen molar-refractivity contribution in [2.24, 2.45) is 11.7 Å². The molecule has 0 aliphatic heterocycles. The first-order valence-corrected chi connectivity index (χ1v) is 4.85. The van der Waals surface area contributed by atoms with Crippen LogP contribution in [0.3, 0.4) is 0 Å². The highest BCUT2D eigenvalue weighted by Gasteiger charge is 2.22. The zero-order valence-electron chi connectivity index (χ0n) is 8.81. The minimum Gasteiger partial charge on any atom is -0.508 e. The molecule has 0 fully saturated rings. The van der Waals surface area contributed by atoms with Gasteiger partial charge in [-0.15, -0.1) is 0 Å². The number of phenolic OH excluding ortho intramolecular Hbond substituents is 1. The van der Waals surface area contributed by atoms with Gasteiger partial charge in [-0.2, -0.15) is 0 Å². The van der Waals surface area contributed by atoms with E-state index in [4.69, 9.17) is 10.8 Å². The zero-order valence-corrected chi connectivity index (χ0v) is 8.81. The molecule has 84 valence electrons. The first-order chi connectivity index (χ1) is 6.93. The van der Waals surface area contributed by atoms with Crippen LogP contribution in [0.25, 0.3) is 0 Å². The molecule has 3 nitrogen and oxygen atoms in total. The van der Waals surface area contributed by atoms with Gasteiger partial charge in [0.2, 0.25) is 0 Å². The van der Waals surface area contributed by atoms with E-state index >= 15 is 0 Å². The van der Waals surface area contributed by atoms with Crippen molar-refractivity contribution in [1.82, 2.24) is 0 Å². The van der Waals surface area contributed by atoms with Gasteiger partial charge in [0.25, 0.3) is 0 Å². The van der Waals surface area contributed by atoms with Crippen LogP contribution in [0, 0.1) is 11.7 Å². The topological polar surface area (TPSA) is 66.5 Å². The average Bonchev–Trinajstić information content (AvgIpc) is 2.15. The molecule has 15 heavy (non-hydrogen) atoms. The summed E-state index contributed by atoms with van der Waals surface area (Å²) in [5.74, 6) is -0.794. The predicted octanol–water partition coefficient (Wildman–Crippen LogP) is 1.55. The number of hydrogen-bond acceptors (Lipinski definition) is 3. The van der Waals surface area contributed by atoms with Crippen LogP contribution in [-0.4, -0.2) is 16.3 Å². The normalized spacial score (nSPS) is 15.3. The van der Waals surface area contributed by atoms with E-state index in [9.17, 15) is 9.50 Å². The summed E-state index contributed by atoms with van der Waals surface area (Å²) < 4.78 is 13.4. The van der Waals surface area contributed by atoms with E-state index in [2.05, 4.69) is 0 Å². The second-order valence-electron chi connectivity index (χ2n) is 3.97. The Bertz CT molecular complexity index is 341. The van der Waals surface area contributed by atoms with E-state index in [-0.39, 0.29) is 17.2 Å². The number of rotatable bonds is 3. The van der Waals surface area contributed by atoms with E-state index in [1.165, 1.54) is 12.1 Å². The van der Waals surface area contributed by atoms with Gasteiger partial charge < -0.3 is 15.9 Å². The van der Waals surface area contributed by atoms with Gasteiger partial charge in [0.15, 0.2) is 0 Å². The number of nitrogens with two attached hydrogens (primary N) is 1. The van der Waals surface area contributed by atoms with Crippen LogP contribution >= 0.6 is 0 Å². The van der Waals surface area contributed by atoms with E-state index in [1.54, 1.807) is 0 Å². The average molecular weight is 213 g/mol. The molecule has 0 saturated carbocycles. The quantitative estimate of drug-likeness (QED) is 0.713. The molecule has 0 amide bonds. The molecule has 0 radical (unpaired) electrons. The van der Waals surface area contributed by atoms with Gasteiger partial charge in [0.1, 0.15) is 11.6 Å².